The summed E-state index contributed by atoms with van der Waals surface area (Å²) in [6.07, 6.45) is 0. The minimum absolute atomic E-state index is 0.151. The van der Waals surface area contributed by atoms with Crippen LogP contribution >= 0.6 is 15.9 Å². The first kappa shape index (κ1) is 12.9. The van der Waals surface area contributed by atoms with Crippen molar-refractivity contribution in [1.82, 2.24) is 15.0 Å². The second-order valence-electron chi connectivity index (χ2n) is 4.16. The topological polar surface area (TPSA) is 64.7 Å². The van der Waals surface area contributed by atoms with Crippen LogP contribution in [-0.4, -0.2) is 15.0 Å². The summed E-state index contributed by atoms with van der Waals surface area (Å²) in [7, 11) is 0. The number of halogens is 2. The zero-order valence-electron chi connectivity index (χ0n) is 9.98. The fraction of sp³-hybridized carbons (Fsp3) is 0.250. The summed E-state index contributed by atoms with van der Waals surface area (Å²) in [6, 6.07) is 4.58. The van der Waals surface area contributed by atoms with Gasteiger partial charge in [0.25, 0.3) is 0 Å². The van der Waals surface area contributed by atoms with E-state index in [4.69, 9.17) is 5.73 Å². The molecule has 1 aromatic heterocycles. The third-order valence-corrected chi connectivity index (χ3v) is 2.97. The number of hydrogen-bond acceptors (Lipinski definition) is 4. The van der Waals surface area contributed by atoms with E-state index in [0.717, 1.165) is 0 Å². The molecule has 0 aliphatic rings. The van der Waals surface area contributed by atoms with Crippen molar-refractivity contribution >= 4 is 21.9 Å². The first-order valence-electron chi connectivity index (χ1n) is 5.44. The van der Waals surface area contributed by atoms with Gasteiger partial charge in [0.2, 0.25) is 5.95 Å². The quantitative estimate of drug-likeness (QED) is 0.925. The second kappa shape index (κ2) is 4.97. The number of nitrogens with two attached hydrogens (primary N) is 1. The molecule has 6 heteroatoms. The minimum atomic E-state index is -0.329. The number of anilines is 1. The van der Waals surface area contributed by atoms with Gasteiger partial charge in [-0.05, 0) is 34.1 Å². The molecule has 18 heavy (non-hydrogen) atoms. The maximum absolute atomic E-state index is 13.2. The lowest BCUT2D eigenvalue weighted by molar-refractivity contribution is 0.621. The molecule has 0 radical (unpaired) electrons. The molecule has 2 N–H and O–H groups in total. The van der Waals surface area contributed by atoms with Crippen molar-refractivity contribution in [2.24, 2.45) is 0 Å². The summed E-state index contributed by atoms with van der Waals surface area (Å²) in [4.78, 5) is 12.5. The number of nitrogen functional groups attached to an aromatic ring is 1. The zero-order valence-corrected chi connectivity index (χ0v) is 11.6. The van der Waals surface area contributed by atoms with Gasteiger partial charge in [0.05, 0.1) is 4.47 Å². The Labute approximate surface area is 113 Å². The van der Waals surface area contributed by atoms with Crippen molar-refractivity contribution in [2.45, 2.75) is 19.8 Å². The molecule has 0 amide bonds. The predicted molar refractivity (Wildman–Crippen MR) is 71.4 cm³/mol. The van der Waals surface area contributed by atoms with Crippen LogP contribution in [0.1, 0.15) is 25.6 Å². The van der Waals surface area contributed by atoms with Crippen molar-refractivity contribution in [3.05, 3.63) is 34.3 Å². The maximum atomic E-state index is 13.2. The van der Waals surface area contributed by atoms with Gasteiger partial charge in [0.15, 0.2) is 5.82 Å². The van der Waals surface area contributed by atoms with Gasteiger partial charge in [-0.15, -0.1) is 0 Å². The van der Waals surface area contributed by atoms with E-state index in [1.165, 1.54) is 6.07 Å². The fourth-order valence-corrected chi connectivity index (χ4v) is 1.81. The Bertz CT molecular complexity index is 586. The Morgan fingerprint density at radius 1 is 1.22 bits per heavy atom. The summed E-state index contributed by atoms with van der Waals surface area (Å²) in [5, 5.41) is 0. The lowest BCUT2D eigenvalue weighted by Gasteiger charge is -2.07. The normalized spacial score (nSPS) is 10.9. The van der Waals surface area contributed by atoms with E-state index in [-0.39, 0.29) is 17.7 Å². The van der Waals surface area contributed by atoms with E-state index in [2.05, 4.69) is 30.9 Å². The highest BCUT2D eigenvalue weighted by molar-refractivity contribution is 9.10. The molecule has 2 rings (SSSR count). The van der Waals surface area contributed by atoms with Crippen LogP contribution in [0.15, 0.2) is 22.7 Å². The van der Waals surface area contributed by atoms with Crippen LogP contribution in [0, 0.1) is 5.82 Å². The molecule has 0 unspecified atom stereocenters. The van der Waals surface area contributed by atoms with E-state index in [1.807, 2.05) is 13.8 Å². The average molecular weight is 311 g/mol. The lowest BCUT2D eigenvalue weighted by atomic mass is 10.2. The third-order valence-electron chi connectivity index (χ3n) is 2.36. The van der Waals surface area contributed by atoms with Crippen LogP contribution in [0.5, 0.6) is 0 Å². The van der Waals surface area contributed by atoms with Gasteiger partial charge >= 0.3 is 0 Å². The van der Waals surface area contributed by atoms with Gasteiger partial charge in [0, 0.05) is 11.5 Å². The Morgan fingerprint density at radius 3 is 2.56 bits per heavy atom. The Balaban J connectivity index is 2.53. The monoisotopic (exact) mass is 310 g/mol. The molecule has 0 bridgehead atoms. The molecule has 1 aromatic carbocycles. The average Bonchev–Trinajstić information content (AvgIpc) is 2.31. The molecule has 0 atom stereocenters. The largest absolute Gasteiger partial charge is 0.368 e. The first-order valence-corrected chi connectivity index (χ1v) is 6.23. The number of nitrogens with zero attached hydrogens (tertiary/aromatic N) is 3. The second-order valence-corrected chi connectivity index (χ2v) is 5.01. The van der Waals surface area contributed by atoms with Gasteiger partial charge in [-0.1, -0.05) is 13.8 Å². The van der Waals surface area contributed by atoms with Gasteiger partial charge in [-0.3, -0.25) is 0 Å². The summed E-state index contributed by atoms with van der Waals surface area (Å²) in [5.74, 6) is 1.07. The molecule has 1 heterocycles. The SMILES string of the molecule is CC(C)c1nc(N)nc(-c2ccc(F)c(Br)c2)n1. The Kier molecular flexibility index (Phi) is 3.56. The van der Waals surface area contributed by atoms with E-state index in [9.17, 15) is 4.39 Å². The van der Waals surface area contributed by atoms with Crippen LogP contribution < -0.4 is 5.73 Å². The number of rotatable bonds is 2. The third kappa shape index (κ3) is 2.64. The fourth-order valence-electron chi connectivity index (χ4n) is 1.43. The van der Waals surface area contributed by atoms with Crippen LogP contribution in [0.2, 0.25) is 0 Å². The number of aromatic nitrogens is 3. The molecule has 94 valence electrons. The van der Waals surface area contributed by atoms with Gasteiger partial charge in [0.1, 0.15) is 11.6 Å². The van der Waals surface area contributed by atoms with Gasteiger partial charge < -0.3 is 5.73 Å². The molecule has 0 spiro atoms. The molecule has 0 saturated carbocycles. The van der Waals surface area contributed by atoms with Gasteiger partial charge in [-0.25, -0.2) is 9.37 Å². The van der Waals surface area contributed by atoms with E-state index < -0.39 is 0 Å². The molecule has 0 aliphatic heterocycles. The standard InChI is InChI=1S/C12H12BrFN4/c1-6(2)10-16-11(18-12(15)17-10)7-3-4-9(14)8(13)5-7/h3-6H,1-2H3,(H2,15,16,17,18). The lowest BCUT2D eigenvalue weighted by Crippen LogP contribution is -2.06. The predicted octanol–water partition coefficient (Wildman–Crippen LogP) is 3.15. The molecule has 0 aliphatic carbocycles. The number of hydrogen-bond donors (Lipinski definition) is 1. The van der Waals surface area contributed by atoms with E-state index >= 15 is 0 Å². The van der Waals surface area contributed by atoms with Crippen molar-refractivity contribution in [3.63, 3.8) is 0 Å². The highest BCUT2D eigenvalue weighted by Gasteiger charge is 2.11. The Hall–Kier alpha value is -1.56. The van der Waals surface area contributed by atoms with Crippen molar-refractivity contribution < 1.29 is 4.39 Å². The van der Waals surface area contributed by atoms with Crippen LogP contribution in [-0.2, 0) is 0 Å². The van der Waals surface area contributed by atoms with Gasteiger partial charge in [-0.2, -0.15) is 9.97 Å². The highest BCUT2D eigenvalue weighted by atomic mass is 79.9. The number of benzene rings is 1. The summed E-state index contributed by atoms with van der Waals surface area (Å²) < 4.78 is 13.5. The molecule has 4 nitrogen and oxygen atoms in total. The zero-order chi connectivity index (χ0) is 13.3. The van der Waals surface area contributed by atoms with Crippen molar-refractivity contribution in [1.29, 1.82) is 0 Å². The van der Waals surface area contributed by atoms with Crippen molar-refractivity contribution in [3.8, 4) is 11.4 Å². The van der Waals surface area contributed by atoms with Crippen LogP contribution in [0.3, 0.4) is 0 Å². The van der Waals surface area contributed by atoms with Crippen molar-refractivity contribution in [2.75, 3.05) is 5.73 Å². The summed E-state index contributed by atoms with van der Waals surface area (Å²) in [5.41, 5.74) is 6.35. The maximum Gasteiger partial charge on any atom is 0.223 e. The van der Waals surface area contributed by atoms with Crippen LogP contribution in [0.25, 0.3) is 11.4 Å². The summed E-state index contributed by atoms with van der Waals surface area (Å²) >= 11 is 3.13. The van der Waals surface area contributed by atoms with E-state index in [1.54, 1.807) is 12.1 Å². The van der Waals surface area contributed by atoms with Crippen LogP contribution in [0.4, 0.5) is 10.3 Å². The smallest absolute Gasteiger partial charge is 0.223 e. The molecular formula is C12H12BrFN4. The molecule has 0 fully saturated rings. The minimum Gasteiger partial charge on any atom is -0.368 e. The molecular weight excluding hydrogens is 299 g/mol. The molecule has 0 saturated heterocycles. The first-order chi connectivity index (χ1) is 8.47. The summed E-state index contributed by atoms with van der Waals surface area (Å²) in [6.45, 7) is 3.94. The highest BCUT2D eigenvalue weighted by Crippen LogP contribution is 2.24. The van der Waals surface area contributed by atoms with E-state index in [0.29, 0.717) is 21.7 Å². The molecule has 2 aromatic rings. The Morgan fingerprint density at radius 2 is 1.94 bits per heavy atom.